The zero-order chi connectivity index (χ0) is 12.3. The predicted octanol–water partition coefficient (Wildman–Crippen LogP) is 2.65. The minimum absolute atomic E-state index is 0.217. The third kappa shape index (κ3) is 3.20. The molecule has 1 fully saturated rings. The number of esters is 1. The summed E-state index contributed by atoms with van der Waals surface area (Å²) in [6.45, 7) is 0.217. The first-order valence-electron chi connectivity index (χ1n) is 5.77. The number of hydrogen-bond donors (Lipinski definition) is 1. The van der Waals surface area contributed by atoms with Gasteiger partial charge in [0, 0.05) is 16.1 Å². The van der Waals surface area contributed by atoms with Crippen molar-refractivity contribution in [3.05, 3.63) is 34.9 Å². The summed E-state index contributed by atoms with van der Waals surface area (Å²) < 4.78 is 5.18. The van der Waals surface area contributed by atoms with Gasteiger partial charge in [-0.25, -0.2) is 0 Å². The van der Waals surface area contributed by atoms with Crippen LogP contribution in [0.4, 0.5) is 0 Å². The van der Waals surface area contributed by atoms with E-state index in [2.05, 4.69) is 0 Å². The number of nitrogens with two attached hydrogens (primary N) is 1. The van der Waals surface area contributed by atoms with Crippen LogP contribution < -0.4 is 5.73 Å². The first-order valence-corrected chi connectivity index (χ1v) is 6.15. The summed E-state index contributed by atoms with van der Waals surface area (Å²) in [5.41, 5.74) is 6.48. The maximum Gasteiger partial charge on any atom is 0.307 e. The molecule has 0 aliphatic heterocycles. The van der Waals surface area contributed by atoms with Gasteiger partial charge in [-0.05, 0) is 25.3 Å². The molecule has 1 saturated carbocycles. The van der Waals surface area contributed by atoms with Gasteiger partial charge in [0.05, 0.1) is 6.42 Å². The summed E-state index contributed by atoms with van der Waals surface area (Å²) in [5, 5.41) is 0.617. The fourth-order valence-corrected chi connectivity index (χ4v) is 2.11. The molecule has 2 N–H and O–H groups in total. The Morgan fingerprint density at radius 2 is 2.12 bits per heavy atom. The smallest absolute Gasteiger partial charge is 0.307 e. The van der Waals surface area contributed by atoms with Crippen molar-refractivity contribution in [1.29, 1.82) is 0 Å². The highest BCUT2D eigenvalue weighted by Gasteiger charge is 2.35. The second kappa shape index (κ2) is 5.07. The van der Waals surface area contributed by atoms with Crippen LogP contribution in [0, 0.1) is 0 Å². The van der Waals surface area contributed by atoms with E-state index in [0.717, 1.165) is 24.8 Å². The van der Waals surface area contributed by atoms with Gasteiger partial charge in [0.15, 0.2) is 0 Å². The van der Waals surface area contributed by atoms with Crippen molar-refractivity contribution in [2.45, 2.75) is 37.8 Å². The molecule has 0 bridgehead atoms. The molecule has 0 aromatic heterocycles. The van der Waals surface area contributed by atoms with Crippen molar-refractivity contribution < 1.29 is 9.53 Å². The van der Waals surface area contributed by atoms with Crippen LogP contribution in [0.3, 0.4) is 0 Å². The van der Waals surface area contributed by atoms with E-state index in [1.165, 1.54) is 0 Å². The summed E-state index contributed by atoms with van der Waals surface area (Å²) in [7, 11) is 0. The number of rotatable bonds is 4. The number of ether oxygens (including phenoxy) is 1. The second-order valence-electron chi connectivity index (χ2n) is 4.64. The first-order chi connectivity index (χ1) is 8.09. The maximum atomic E-state index is 11.6. The molecule has 3 nitrogen and oxygen atoms in total. The highest BCUT2D eigenvalue weighted by Crippen LogP contribution is 2.32. The molecule has 0 amide bonds. The van der Waals surface area contributed by atoms with Gasteiger partial charge in [0.1, 0.15) is 6.61 Å². The normalized spacial score (nSPS) is 17.3. The average molecular weight is 254 g/mol. The Kier molecular flexibility index (Phi) is 3.69. The molecule has 1 aromatic carbocycles. The van der Waals surface area contributed by atoms with E-state index in [1.807, 2.05) is 18.2 Å². The van der Waals surface area contributed by atoms with Gasteiger partial charge in [-0.2, -0.15) is 0 Å². The van der Waals surface area contributed by atoms with Gasteiger partial charge in [0.25, 0.3) is 0 Å². The Morgan fingerprint density at radius 3 is 2.71 bits per heavy atom. The van der Waals surface area contributed by atoms with Gasteiger partial charge >= 0.3 is 5.97 Å². The fraction of sp³-hybridized carbons (Fsp3) is 0.462. The first kappa shape index (κ1) is 12.4. The molecule has 0 atom stereocenters. The number of benzene rings is 1. The molecule has 1 aliphatic carbocycles. The average Bonchev–Trinajstić information content (AvgIpc) is 2.26. The van der Waals surface area contributed by atoms with Crippen LogP contribution in [0.1, 0.15) is 31.2 Å². The number of halogens is 1. The van der Waals surface area contributed by atoms with Gasteiger partial charge in [0.2, 0.25) is 0 Å². The Labute approximate surface area is 106 Å². The van der Waals surface area contributed by atoms with Crippen molar-refractivity contribution >= 4 is 17.6 Å². The topological polar surface area (TPSA) is 52.3 Å². The quantitative estimate of drug-likeness (QED) is 0.840. The van der Waals surface area contributed by atoms with E-state index in [-0.39, 0.29) is 18.1 Å². The third-order valence-corrected chi connectivity index (χ3v) is 3.56. The largest absolute Gasteiger partial charge is 0.461 e. The lowest BCUT2D eigenvalue weighted by atomic mass is 9.75. The van der Waals surface area contributed by atoms with Crippen molar-refractivity contribution in [3.8, 4) is 0 Å². The van der Waals surface area contributed by atoms with Crippen molar-refractivity contribution in [1.82, 2.24) is 0 Å². The second-order valence-corrected chi connectivity index (χ2v) is 5.05. The molecule has 1 aliphatic rings. The lowest BCUT2D eigenvalue weighted by molar-refractivity contribution is -0.147. The standard InChI is InChI=1S/C13H16ClNO2/c14-11-5-2-1-4-10(11)9-17-12(16)8-13(15)6-3-7-13/h1-2,4-5H,3,6-9,15H2. The van der Waals surface area contributed by atoms with Crippen LogP contribution in [0.25, 0.3) is 0 Å². The molecular weight excluding hydrogens is 238 g/mol. The van der Waals surface area contributed by atoms with Crippen LogP contribution in [0.15, 0.2) is 24.3 Å². The molecule has 17 heavy (non-hydrogen) atoms. The van der Waals surface area contributed by atoms with E-state index >= 15 is 0 Å². The van der Waals surface area contributed by atoms with Gasteiger partial charge in [-0.15, -0.1) is 0 Å². The minimum Gasteiger partial charge on any atom is -0.461 e. The van der Waals surface area contributed by atoms with E-state index in [1.54, 1.807) is 6.07 Å². The summed E-state index contributed by atoms with van der Waals surface area (Å²) in [6, 6.07) is 7.33. The molecule has 0 unspecified atom stereocenters. The molecule has 4 heteroatoms. The molecule has 1 aromatic rings. The SMILES string of the molecule is NC1(CC(=O)OCc2ccccc2Cl)CCC1. The minimum atomic E-state index is -0.322. The Hall–Kier alpha value is -1.06. The molecule has 0 spiro atoms. The third-order valence-electron chi connectivity index (χ3n) is 3.19. The zero-order valence-corrected chi connectivity index (χ0v) is 10.4. The van der Waals surface area contributed by atoms with Crippen LogP contribution >= 0.6 is 11.6 Å². The van der Waals surface area contributed by atoms with E-state index < -0.39 is 0 Å². The highest BCUT2D eigenvalue weighted by atomic mass is 35.5. The number of hydrogen-bond acceptors (Lipinski definition) is 3. The number of carbonyl (C=O) groups is 1. The van der Waals surface area contributed by atoms with Crippen LogP contribution in [-0.4, -0.2) is 11.5 Å². The number of carbonyl (C=O) groups excluding carboxylic acids is 1. The van der Waals surface area contributed by atoms with Crippen LogP contribution in [0.2, 0.25) is 5.02 Å². The lowest BCUT2D eigenvalue weighted by Gasteiger charge is -2.37. The highest BCUT2D eigenvalue weighted by molar-refractivity contribution is 6.31. The molecule has 0 heterocycles. The lowest BCUT2D eigenvalue weighted by Crippen LogP contribution is -2.48. The summed E-state index contributed by atoms with van der Waals surface area (Å²) in [5.74, 6) is -0.243. The molecule has 0 radical (unpaired) electrons. The molecule has 0 saturated heterocycles. The van der Waals surface area contributed by atoms with E-state index in [0.29, 0.717) is 11.4 Å². The molecular formula is C13H16ClNO2. The maximum absolute atomic E-state index is 11.6. The fourth-order valence-electron chi connectivity index (χ4n) is 1.92. The zero-order valence-electron chi connectivity index (χ0n) is 9.62. The van der Waals surface area contributed by atoms with Gasteiger partial charge in [-0.3, -0.25) is 4.79 Å². The Balaban J connectivity index is 1.82. The van der Waals surface area contributed by atoms with E-state index in [4.69, 9.17) is 22.1 Å². The van der Waals surface area contributed by atoms with Crippen molar-refractivity contribution in [2.24, 2.45) is 5.73 Å². The Bertz CT molecular complexity index is 416. The van der Waals surface area contributed by atoms with Crippen LogP contribution in [-0.2, 0) is 16.1 Å². The predicted molar refractivity (Wildman–Crippen MR) is 66.6 cm³/mol. The van der Waals surface area contributed by atoms with Crippen molar-refractivity contribution in [3.63, 3.8) is 0 Å². The Morgan fingerprint density at radius 1 is 1.41 bits per heavy atom. The summed E-state index contributed by atoms with van der Waals surface area (Å²) in [6.07, 6.45) is 3.23. The summed E-state index contributed by atoms with van der Waals surface area (Å²) >= 11 is 5.96. The molecule has 2 rings (SSSR count). The van der Waals surface area contributed by atoms with Crippen molar-refractivity contribution in [2.75, 3.05) is 0 Å². The van der Waals surface area contributed by atoms with Gasteiger partial charge < -0.3 is 10.5 Å². The molecule has 92 valence electrons. The van der Waals surface area contributed by atoms with E-state index in [9.17, 15) is 4.79 Å². The van der Waals surface area contributed by atoms with Crippen LogP contribution in [0.5, 0.6) is 0 Å². The summed E-state index contributed by atoms with van der Waals surface area (Å²) in [4.78, 5) is 11.6. The monoisotopic (exact) mass is 253 g/mol. The van der Waals surface area contributed by atoms with Gasteiger partial charge in [-0.1, -0.05) is 29.8 Å².